The van der Waals surface area contributed by atoms with E-state index in [0.717, 1.165) is 0 Å². The molecule has 0 spiro atoms. The van der Waals surface area contributed by atoms with Gasteiger partial charge >= 0.3 is 11.9 Å². The molecule has 1 aromatic heterocycles. The van der Waals surface area contributed by atoms with Crippen LogP contribution >= 0.6 is 0 Å². The summed E-state index contributed by atoms with van der Waals surface area (Å²) < 4.78 is 43.7. The molecule has 11 heteroatoms. The molecule has 0 atom stereocenters. The molecule has 0 saturated carbocycles. The van der Waals surface area contributed by atoms with Gasteiger partial charge in [-0.3, -0.25) is 0 Å². The maximum absolute atomic E-state index is 12.8. The maximum Gasteiger partial charge on any atom is 0.374 e. The molecule has 0 unspecified atom stereocenters. The summed E-state index contributed by atoms with van der Waals surface area (Å²) in [5.74, 6) is -1.55. The van der Waals surface area contributed by atoms with E-state index in [4.69, 9.17) is 19.0 Å². The van der Waals surface area contributed by atoms with Gasteiger partial charge in [-0.2, -0.15) is 0 Å². The van der Waals surface area contributed by atoms with Crippen LogP contribution in [0.5, 0.6) is 0 Å². The van der Waals surface area contributed by atoms with Gasteiger partial charge < -0.3 is 23.5 Å². The molecular formula is C18H20N2O8S. The Hall–Kier alpha value is -2.89. The average Bonchev–Trinajstić information content (AvgIpc) is 3.19. The molecule has 1 aromatic carbocycles. The minimum absolute atomic E-state index is 0.0431. The Morgan fingerprint density at radius 3 is 2.55 bits per heavy atom. The first-order chi connectivity index (χ1) is 13.8. The molecule has 156 valence electrons. The standard InChI is InChI=1S/C18H20N2O8S/c1-25-18(22)16-12(4-7-27-16)11-28-17(21)14-10-13(29(19,23)24)2-3-15(14)20-5-8-26-9-6-20/h2-4,7,10H,5-6,8-9,11H2,1H3,(H2,19,23,24). The van der Waals surface area contributed by atoms with Gasteiger partial charge in [0.2, 0.25) is 15.8 Å². The van der Waals surface area contributed by atoms with E-state index in [-0.39, 0.29) is 22.8 Å². The second-order valence-electron chi connectivity index (χ2n) is 6.17. The van der Waals surface area contributed by atoms with E-state index in [9.17, 15) is 18.0 Å². The highest BCUT2D eigenvalue weighted by atomic mass is 32.2. The van der Waals surface area contributed by atoms with Crippen LogP contribution in [0.2, 0.25) is 0 Å². The number of carbonyl (C=O) groups excluding carboxylic acids is 2. The van der Waals surface area contributed by atoms with E-state index < -0.39 is 22.0 Å². The number of esters is 2. The van der Waals surface area contributed by atoms with Crippen molar-refractivity contribution in [3.8, 4) is 0 Å². The summed E-state index contributed by atoms with van der Waals surface area (Å²) in [5.41, 5.74) is 0.869. The summed E-state index contributed by atoms with van der Waals surface area (Å²) in [6.45, 7) is 1.75. The second kappa shape index (κ2) is 8.64. The van der Waals surface area contributed by atoms with Crippen LogP contribution in [0.15, 0.2) is 39.8 Å². The molecule has 1 saturated heterocycles. The van der Waals surface area contributed by atoms with Crippen LogP contribution in [0.3, 0.4) is 0 Å². The fourth-order valence-electron chi connectivity index (χ4n) is 2.88. The number of nitrogens with zero attached hydrogens (tertiary/aromatic N) is 1. The van der Waals surface area contributed by atoms with Gasteiger partial charge in [-0.25, -0.2) is 23.1 Å². The zero-order chi connectivity index (χ0) is 21.0. The van der Waals surface area contributed by atoms with E-state index >= 15 is 0 Å². The molecule has 0 amide bonds. The van der Waals surface area contributed by atoms with Gasteiger partial charge in [0, 0.05) is 18.7 Å². The summed E-state index contributed by atoms with van der Waals surface area (Å²) in [7, 11) is -2.81. The summed E-state index contributed by atoms with van der Waals surface area (Å²) in [6.07, 6.45) is 1.27. The number of carbonyl (C=O) groups is 2. The van der Waals surface area contributed by atoms with Crippen LogP contribution in [0.4, 0.5) is 5.69 Å². The zero-order valence-electron chi connectivity index (χ0n) is 15.6. The van der Waals surface area contributed by atoms with Crippen molar-refractivity contribution < 1.29 is 36.6 Å². The van der Waals surface area contributed by atoms with Crippen LogP contribution < -0.4 is 10.0 Å². The van der Waals surface area contributed by atoms with Crippen LogP contribution in [0, 0.1) is 0 Å². The van der Waals surface area contributed by atoms with Crippen molar-refractivity contribution in [1.29, 1.82) is 0 Å². The number of methoxy groups -OCH3 is 1. The Kier molecular flexibility index (Phi) is 6.20. The van der Waals surface area contributed by atoms with Gasteiger partial charge in [-0.05, 0) is 24.3 Å². The molecule has 3 rings (SSSR count). The molecule has 2 aromatic rings. The van der Waals surface area contributed by atoms with Gasteiger partial charge in [-0.1, -0.05) is 0 Å². The quantitative estimate of drug-likeness (QED) is 0.670. The highest BCUT2D eigenvalue weighted by molar-refractivity contribution is 7.89. The summed E-state index contributed by atoms with van der Waals surface area (Å²) >= 11 is 0. The molecular weight excluding hydrogens is 404 g/mol. The molecule has 29 heavy (non-hydrogen) atoms. The van der Waals surface area contributed by atoms with E-state index in [2.05, 4.69) is 4.74 Å². The lowest BCUT2D eigenvalue weighted by molar-refractivity contribution is 0.0453. The predicted molar refractivity (Wildman–Crippen MR) is 100 cm³/mol. The SMILES string of the molecule is COC(=O)c1occc1COC(=O)c1cc(S(N)(=O)=O)ccc1N1CCOCC1. The van der Waals surface area contributed by atoms with Gasteiger partial charge in [0.15, 0.2) is 0 Å². The number of rotatable bonds is 6. The molecule has 10 nitrogen and oxygen atoms in total. The highest BCUT2D eigenvalue weighted by Gasteiger charge is 2.24. The molecule has 2 N–H and O–H groups in total. The van der Waals surface area contributed by atoms with E-state index in [1.165, 1.54) is 37.6 Å². The smallest absolute Gasteiger partial charge is 0.374 e. The fourth-order valence-corrected chi connectivity index (χ4v) is 3.42. The number of furan rings is 1. The minimum Gasteiger partial charge on any atom is -0.463 e. The Balaban J connectivity index is 1.87. The lowest BCUT2D eigenvalue weighted by Crippen LogP contribution is -2.37. The minimum atomic E-state index is -4.01. The first-order valence-corrected chi connectivity index (χ1v) is 10.2. The summed E-state index contributed by atoms with van der Waals surface area (Å²) in [6, 6.07) is 5.50. The normalized spacial score (nSPS) is 14.5. The molecule has 1 fully saturated rings. The fraction of sp³-hybridized carbons (Fsp3) is 0.333. The van der Waals surface area contributed by atoms with Crippen molar-refractivity contribution >= 4 is 27.6 Å². The Morgan fingerprint density at radius 2 is 1.90 bits per heavy atom. The van der Waals surface area contributed by atoms with Gasteiger partial charge in [0.05, 0.1) is 42.7 Å². The van der Waals surface area contributed by atoms with E-state index in [1.807, 2.05) is 4.90 Å². The number of hydrogen-bond donors (Lipinski definition) is 1. The van der Waals surface area contributed by atoms with Crippen molar-refractivity contribution in [1.82, 2.24) is 0 Å². The number of sulfonamides is 1. The third-order valence-corrected chi connectivity index (χ3v) is 5.26. The highest BCUT2D eigenvalue weighted by Crippen LogP contribution is 2.26. The van der Waals surface area contributed by atoms with Crippen molar-refractivity contribution in [2.75, 3.05) is 38.3 Å². The Bertz CT molecular complexity index is 1010. The summed E-state index contributed by atoms with van der Waals surface area (Å²) in [5, 5.41) is 5.20. The van der Waals surface area contributed by atoms with Gasteiger partial charge in [-0.15, -0.1) is 0 Å². The predicted octanol–water partition coefficient (Wildman–Crippen LogP) is 0.907. The average molecular weight is 424 g/mol. The Morgan fingerprint density at radius 1 is 1.17 bits per heavy atom. The molecule has 1 aliphatic heterocycles. The van der Waals surface area contributed by atoms with Crippen LogP contribution in [-0.2, 0) is 30.8 Å². The molecule has 0 aliphatic carbocycles. The van der Waals surface area contributed by atoms with Crippen LogP contribution in [0.25, 0.3) is 0 Å². The molecule has 1 aliphatic rings. The molecule has 0 bridgehead atoms. The topological polar surface area (TPSA) is 138 Å². The first kappa shape index (κ1) is 20.8. The largest absolute Gasteiger partial charge is 0.463 e. The monoisotopic (exact) mass is 424 g/mol. The lowest BCUT2D eigenvalue weighted by Gasteiger charge is -2.30. The van der Waals surface area contributed by atoms with Crippen molar-refractivity contribution in [2.45, 2.75) is 11.5 Å². The number of primary sulfonamides is 1. The van der Waals surface area contributed by atoms with Gasteiger partial charge in [0.1, 0.15) is 6.61 Å². The number of ether oxygens (including phenoxy) is 3. The maximum atomic E-state index is 12.8. The van der Waals surface area contributed by atoms with Crippen molar-refractivity contribution in [2.24, 2.45) is 5.14 Å². The molecule has 0 radical (unpaired) electrons. The number of nitrogens with two attached hydrogens (primary N) is 1. The summed E-state index contributed by atoms with van der Waals surface area (Å²) in [4.78, 5) is 26.1. The number of anilines is 1. The number of morpholine rings is 1. The van der Waals surface area contributed by atoms with Crippen LogP contribution in [0.1, 0.15) is 26.5 Å². The zero-order valence-corrected chi connectivity index (χ0v) is 16.4. The van der Waals surface area contributed by atoms with Gasteiger partial charge in [0.25, 0.3) is 0 Å². The van der Waals surface area contributed by atoms with Crippen molar-refractivity contribution in [3.05, 3.63) is 47.4 Å². The first-order valence-electron chi connectivity index (χ1n) is 8.62. The third kappa shape index (κ3) is 4.75. The molecule has 2 heterocycles. The van der Waals surface area contributed by atoms with E-state index in [0.29, 0.717) is 37.6 Å². The Labute approximate surface area is 167 Å². The van der Waals surface area contributed by atoms with E-state index in [1.54, 1.807) is 0 Å². The third-order valence-electron chi connectivity index (χ3n) is 4.34. The van der Waals surface area contributed by atoms with Crippen molar-refractivity contribution in [3.63, 3.8) is 0 Å². The number of hydrogen-bond acceptors (Lipinski definition) is 9. The number of benzene rings is 1. The second-order valence-corrected chi connectivity index (χ2v) is 7.73. The van der Waals surface area contributed by atoms with Crippen LogP contribution in [-0.4, -0.2) is 53.8 Å². The lowest BCUT2D eigenvalue weighted by atomic mass is 10.1.